The maximum absolute atomic E-state index is 2.33. The summed E-state index contributed by atoms with van der Waals surface area (Å²) in [6.07, 6.45) is 0. The van der Waals surface area contributed by atoms with Gasteiger partial charge in [0.1, 0.15) is 0 Å². The van der Waals surface area contributed by atoms with Gasteiger partial charge in [0, 0.05) is 0 Å². The van der Waals surface area contributed by atoms with Crippen molar-refractivity contribution >= 4 is 27.7 Å². The molecule has 0 N–H and O–H groups in total. The van der Waals surface area contributed by atoms with Crippen molar-refractivity contribution in [2.24, 2.45) is 0 Å². The summed E-state index contributed by atoms with van der Waals surface area (Å²) in [5, 5.41) is 0. The molecule has 0 fully saturated rings. The second kappa shape index (κ2) is 6.55. The molecule has 0 saturated carbocycles. The number of benzene rings is 3. The third-order valence-corrected chi connectivity index (χ3v) is 10.3. The summed E-state index contributed by atoms with van der Waals surface area (Å²) in [5.41, 5.74) is 4.23. The first-order chi connectivity index (χ1) is 10.7. The molecule has 0 amide bonds. The Morgan fingerprint density at radius 3 is 1.00 bits per heavy atom. The fourth-order valence-corrected chi connectivity index (χ4v) is 8.63. The van der Waals surface area contributed by atoms with Crippen LogP contribution in [0.1, 0.15) is 16.7 Å². The van der Waals surface area contributed by atoms with Gasteiger partial charge in [-0.3, -0.25) is 0 Å². The Hall–Kier alpha value is -1.78. The van der Waals surface area contributed by atoms with E-state index in [1.165, 1.54) is 16.7 Å². The van der Waals surface area contributed by atoms with Crippen molar-refractivity contribution in [2.45, 2.75) is 20.8 Å². The predicted octanol–water partition coefficient (Wildman–Crippen LogP) is 3.13. The van der Waals surface area contributed by atoms with E-state index in [1.807, 2.05) is 0 Å². The number of rotatable bonds is 3. The second-order valence-electron chi connectivity index (χ2n) is 5.69. The van der Waals surface area contributed by atoms with E-state index < -0.39 is 14.7 Å². The van der Waals surface area contributed by atoms with Gasteiger partial charge in [0.2, 0.25) is 0 Å². The first-order valence-corrected chi connectivity index (χ1v) is 10.5. The third-order valence-electron chi connectivity index (χ3n) is 4.07. The summed E-state index contributed by atoms with van der Waals surface area (Å²) < 4.78 is 4.62. The van der Waals surface area contributed by atoms with Crippen molar-refractivity contribution in [2.75, 3.05) is 0 Å². The van der Waals surface area contributed by atoms with Crippen molar-refractivity contribution in [3.05, 3.63) is 89.5 Å². The zero-order chi connectivity index (χ0) is 15.5. The molecule has 3 rings (SSSR count). The average Bonchev–Trinajstić information content (AvgIpc) is 2.53. The molecule has 1 heteroatoms. The van der Waals surface area contributed by atoms with Crippen LogP contribution >= 0.6 is 0 Å². The molecule has 0 unspecified atom stereocenters. The molecule has 0 bridgehead atoms. The van der Waals surface area contributed by atoms with Crippen LogP contribution in [0.3, 0.4) is 0 Å². The zero-order valence-electron chi connectivity index (χ0n) is 13.4. The Balaban J connectivity index is 2.27. The van der Waals surface area contributed by atoms with E-state index in [4.69, 9.17) is 0 Å². The molecule has 22 heavy (non-hydrogen) atoms. The van der Waals surface area contributed by atoms with E-state index in [0.29, 0.717) is 0 Å². The fourth-order valence-electron chi connectivity index (χ4n) is 2.83. The molecule has 1 radical (unpaired) electrons. The standard InChI is InChI=1S/C21H21As/c1-16-10-4-7-13-19(16)22(20-14-8-5-11-17(20)2)21-15-9-6-12-18(21)3/h4-15H,1-3H3/q+1. The molecule has 0 atom stereocenters. The fraction of sp³-hybridized carbons (Fsp3) is 0.143. The topological polar surface area (TPSA) is 0 Å². The van der Waals surface area contributed by atoms with Crippen LogP contribution in [0.4, 0.5) is 0 Å². The molecule has 0 saturated heterocycles. The van der Waals surface area contributed by atoms with E-state index in [0.717, 1.165) is 0 Å². The van der Waals surface area contributed by atoms with Gasteiger partial charge in [-0.15, -0.1) is 0 Å². The van der Waals surface area contributed by atoms with Gasteiger partial charge in [0.15, 0.2) is 0 Å². The van der Waals surface area contributed by atoms with Crippen molar-refractivity contribution in [3.8, 4) is 0 Å². The minimum atomic E-state index is -1.51. The van der Waals surface area contributed by atoms with Gasteiger partial charge in [-0.25, -0.2) is 0 Å². The van der Waals surface area contributed by atoms with E-state index in [2.05, 4.69) is 93.6 Å². The molecule has 0 aliphatic heterocycles. The van der Waals surface area contributed by atoms with Crippen LogP contribution in [0.5, 0.6) is 0 Å². The molecule has 0 nitrogen and oxygen atoms in total. The van der Waals surface area contributed by atoms with Gasteiger partial charge in [-0.1, -0.05) is 0 Å². The van der Waals surface area contributed by atoms with Gasteiger partial charge >= 0.3 is 138 Å². The zero-order valence-corrected chi connectivity index (χ0v) is 15.3. The molecule has 0 aliphatic rings. The van der Waals surface area contributed by atoms with Crippen LogP contribution in [-0.2, 0) is 0 Å². The van der Waals surface area contributed by atoms with Gasteiger partial charge in [0.25, 0.3) is 0 Å². The summed E-state index contributed by atoms with van der Waals surface area (Å²) in [6, 6.07) is 26.7. The predicted molar refractivity (Wildman–Crippen MR) is 98.2 cm³/mol. The summed E-state index contributed by atoms with van der Waals surface area (Å²) in [7, 11) is 0. The minimum absolute atomic E-state index is 1.41. The van der Waals surface area contributed by atoms with Crippen LogP contribution in [-0.4, -0.2) is 14.7 Å². The molecule has 0 spiro atoms. The molecule has 3 aromatic carbocycles. The molecule has 109 valence electrons. The molecule has 0 aromatic heterocycles. The summed E-state index contributed by atoms with van der Waals surface area (Å²) in [5.74, 6) is 0. The monoisotopic (exact) mass is 348 g/mol. The van der Waals surface area contributed by atoms with Gasteiger partial charge in [-0.2, -0.15) is 0 Å². The van der Waals surface area contributed by atoms with Gasteiger partial charge in [0.05, 0.1) is 0 Å². The van der Waals surface area contributed by atoms with E-state index in [9.17, 15) is 0 Å². The Morgan fingerprint density at radius 2 is 0.727 bits per heavy atom. The van der Waals surface area contributed by atoms with Crippen LogP contribution in [0.15, 0.2) is 72.8 Å². The van der Waals surface area contributed by atoms with Crippen LogP contribution < -0.4 is 13.1 Å². The normalized spacial score (nSPS) is 10.9. The van der Waals surface area contributed by atoms with E-state index in [-0.39, 0.29) is 0 Å². The molecule has 3 aromatic rings. The van der Waals surface area contributed by atoms with Crippen molar-refractivity contribution < 1.29 is 0 Å². The SMILES string of the molecule is Cc1ccccc1[As+](c1ccccc1C)c1ccccc1C. The molecule has 0 aliphatic carbocycles. The third kappa shape index (κ3) is 2.89. The average molecular weight is 348 g/mol. The van der Waals surface area contributed by atoms with E-state index >= 15 is 0 Å². The summed E-state index contributed by atoms with van der Waals surface area (Å²) in [4.78, 5) is 0. The maximum atomic E-state index is 2.33. The van der Waals surface area contributed by atoms with Gasteiger partial charge in [-0.05, 0) is 0 Å². The Labute approximate surface area is 138 Å². The van der Waals surface area contributed by atoms with Crippen molar-refractivity contribution in [1.29, 1.82) is 0 Å². The van der Waals surface area contributed by atoms with E-state index in [1.54, 1.807) is 13.1 Å². The summed E-state index contributed by atoms with van der Waals surface area (Å²) >= 11 is -1.51. The van der Waals surface area contributed by atoms with Crippen molar-refractivity contribution in [3.63, 3.8) is 0 Å². The first-order valence-electron chi connectivity index (χ1n) is 7.65. The molecule has 0 heterocycles. The molecular formula is C21H21As+. The van der Waals surface area contributed by atoms with Gasteiger partial charge < -0.3 is 0 Å². The quantitative estimate of drug-likeness (QED) is 0.638. The molecular weight excluding hydrogens is 327 g/mol. The van der Waals surface area contributed by atoms with Crippen LogP contribution in [0.25, 0.3) is 0 Å². The number of hydrogen-bond donors (Lipinski definition) is 0. The Bertz CT molecular complexity index is 681. The second-order valence-corrected chi connectivity index (χ2v) is 10.1. The number of hydrogen-bond acceptors (Lipinski definition) is 0. The Morgan fingerprint density at radius 1 is 0.455 bits per heavy atom. The Kier molecular flexibility index (Phi) is 4.50. The summed E-state index contributed by atoms with van der Waals surface area (Å²) in [6.45, 7) is 6.73. The first kappa shape index (κ1) is 15.1. The van der Waals surface area contributed by atoms with Crippen LogP contribution in [0.2, 0.25) is 0 Å². The number of aryl methyl sites for hydroxylation is 3. The van der Waals surface area contributed by atoms with Crippen molar-refractivity contribution in [1.82, 2.24) is 0 Å². The van der Waals surface area contributed by atoms with Crippen LogP contribution in [0, 0.1) is 20.8 Å².